The maximum absolute atomic E-state index is 13.3. The van der Waals surface area contributed by atoms with Gasteiger partial charge in [-0.3, -0.25) is 9.48 Å². The van der Waals surface area contributed by atoms with Crippen LogP contribution < -0.4 is 0 Å². The molecule has 28 heavy (non-hydrogen) atoms. The van der Waals surface area contributed by atoms with Crippen molar-refractivity contribution >= 4 is 11.6 Å². The number of amides is 1. The first-order valence-corrected chi connectivity index (χ1v) is 9.73. The van der Waals surface area contributed by atoms with Crippen LogP contribution in [0, 0.1) is 13.8 Å². The van der Waals surface area contributed by atoms with E-state index in [1.165, 1.54) is 0 Å². The topological polar surface area (TPSA) is 88.5 Å². The number of aliphatic hydroxyl groups is 1. The maximum atomic E-state index is 13.3. The van der Waals surface area contributed by atoms with Crippen molar-refractivity contribution in [2.75, 3.05) is 0 Å². The molecule has 2 aliphatic rings. The van der Waals surface area contributed by atoms with Crippen LogP contribution in [0.1, 0.15) is 53.3 Å². The number of hydrogen-bond acceptors (Lipinski definition) is 5. The molecule has 5 rings (SSSR count). The highest BCUT2D eigenvalue weighted by Gasteiger charge is 2.51. The van der Waals surface area contributed by atoms with Crippen LogP contribution in [0.3, 0.4) is 0 Å². The summed E-state index contributed by atoms with van der Waals surface area (Å²) in [7, 11) is 1.85. The Morgan fingerprint density at radius 3 is 2.57 bits per heavy atom. The van der Waals surface area contributed by atoms with Gasteiger partial charge in [-0.1, -0.05) is 0 Å². The van der Waals surface area contributed by atoms with E-state index in [2.05, 4.69) is 15.2 Å². The molecule has 3 aromatic heterocycles. The molecule has 8 nitrogen and oxygen atoms in total. The standard InChI is InChI=1S/C20H24N6O2/c1-12-8-13(2)26-18(22-12)9-16(23-26)19(27)25-14-4-5-15(25)11-20(28,10-14)17-6-7-21-24(17)3/h6-9,14-15,28H,4-5,10-11H2,1-3H3. The molecule has 0 saturated carbocycles. The summed E-state index contributed by atoms with van der Waals surface area (Å²) < 4.78 is 3.45. The van der Waals surface area contributed by atoms with E-state index in [0.29, 0.717) is 24.2 Å². The van der Waals surface area contributed by atoms with Gasteiger partial charge in [0.15, 0.2) is 11.3 Å². The third-order valence-corrected chi connectivity index (χ3v) is 6.25. The third-order valence-electron chi connectivity index (χ3n) is 6.25. The zero-order valence-electron chi connectivity index (χ0n) is 16.3. The van der Waals surface area contributed by atoms with Crippen LogP contribution in [-0.4, -0.2) is 52.4 Å². The molecule has 0 aliphatic carbocycles. The summed E-state index contributed by atoms with van der Waals surface area (Å²) in [5.74, 6) is -0.0675. The maximum Gasteiger partial charge on any atom is 0.274 e. The second kappa shape index (κ2) is 5.88. The molecule has 0 radical (unpaired) electrons. The minimum atomic E-state index is -0.942. The number of nitrogens with zero attached hydrogens (tertiary/aromatic N) is 6. The molecule has 5 heterocycles. The van der Waals surface area contributed by atoms with Crippen molar-refractivity contribution in [1.82, 2.24) is 29.3 Å². The highest BCUT2D eigenvalue weighted by molar-refractivity contribution is 5.94. The van der Waals surface area contributed by atoms with Crippen molar-refractivity contribution in [3.63, 3.8) is 0 Å². The molecule has 2 bridgehead atoms. The lowest BCUT2D eigenvalue weighted by molar-refractivity contribution is -0.0531. The Kier molecular flexibility index (Phi) is 3.64. The van der Waals surface area contributed by atoms with E-state index in [1.807, 2.05) is 37.9 Å². The minimum Gasteiger partial charge on any atom is -0.383 e. The number of piperidine rings is 1. The second-order valence-electron chi connectivity index (χ2n) is 8.22. The number of carbonyl (C=O) groups is 1. The smallest absolute Gasteiger partial charge is 0.274 e. The van der Waals surface area contributed by atoms with Gasteiger partial charge in [0.25, 0.3) is 5.91 Å². The summed E-state index contributed by atoms with van der Waals surface area (Å²) in [6.45, 7) is 3.90. The summed E-state index contributed by atoms with van der Waals surface area (Å²) in [4.78, 5) is 19.7. The second-order valence-corrected chi connectivity index (χ2v) is 8.22. The van der Waals surface area contributed by atoms with Gasteiger partial charge in [0, 0.05) is 55.6 Å². The average Bonchev–Trinajstić information content (AvgIpc) is 3.31. The van der Waals surface area contributed by atoms with Crippen LogP contribution in [0.15, 0.2) is 24.4 Å². The van der Waals surface area contributed by atoms with Gasteiger partial charge in [0.2, 0.25) is 0 Å². The SMILES string of the molecule is Cc1cc(C)n2nc(C(=O)N3C4CCC3CC(O)(c3ccnn3C)C4)cc2n1. The molecular formula is C20H24N6O2. The summed E-state index contributed by atoms with van der Waals surface area (Å²) in [5.41, 5.74) is 2.85. The third kappa shape index (κ3) is 2.47. The van der Waals surface area contributed by atoms with Gasteiger partial charge < -0.3 is 10.0 Å². The van der Waals surface area contributed by atoms with Crippen molar-refractivity contribution in [1.29, 1.82) is 0 Å². The van der Waals surface area contributed by atoms with Crippen LogP contribution >= 0.6 is 0 Å². The fourth-order valence-electron chi connectivity index (χ4n) is 5.12. The average molecular weight is 380 g/mol. The van der Waals surface area contributed by atoms with Gasteiger partial charge in [-0.15, -0.1) is 0 Å². The molecule has 0 spiro atoms. The highest BCUT2D eigenvalue weighted by Crippen LogP contribution is 2.46. The molecule has 1 N–H and O–H groups in total. The Bertz CT molecular complexity index is 1070. The molecule has 2 aliphatic heterocycles. The molecule has 1 amide bonds. The van der Waals surface area contributed by atoms with Crippen LogP contribution in [-0.2, 0) is 12.6 Å². The Labute approximate surface area is 162 Å². The Morgan fingerprint density at radius 2 is 1.93 bits per heavy atom. The number of fused-ring (bicyclic) bond motifs is 3. The number of aromatic nitrogens is 5. The quantitative estimate of drug-likeness (QED) is 0.731. The van der Waals surface area contributed by atoms with Gasteiger partial charge in [0.1, 0.15) is 5.60 Å². The van der Waals surface area contributed by atoms with Gasteiger partial charge in [-0.05, 0) is 38.8 Å². The largest absolute Gasteiger partial charge is 0.383 e. The predicted octanol–water partition coefficient (Wildman–Crippen LogP) is 1.73. The molecule has 2 fully saturated rings. The molecule has 3 aromatic rings. The molecule has 146 valence electrons. The fraction of sp³-hybridized carbons (Fsp3) is 0.500. The van der Waals surface area contributed by atoms with E-state index >= 15 is 0 Å². The monoisotopic (exact) mass is 380 g/mol. The Balaban J connectivity index is 1.46. The lowest BCUT2D eigenvalue weighted by Gasteiger charge is -2.43. The number of rotatable bonds is 2. The summed E-state index contributed by atoms with van der Waals surface area (Å²) in [6.07, 6.45) is 4.57. The molecule has 2 saturated heterocycles. The van der Waals surface area contributed by atoms with E-state index in [4.69, 9.17) is 0 Å². The normalized spacial score (nSPS) is 26.9. The van der Waals surface area contributed by atoms with E-state index < -0.39 is 5.60 Å². The van der Waals surface area contributed by atoms with Gasteiger partial charge in [-0.25, -0.2) is 9.50 Å². The molecular weight excluding hydrogens is 356 g/mol. The zero-order valence-corrected chi connectivity index (χ0v) is 16.3. The zero-order chi connectivity index (χ0) is 19.6. The minimum absolute atomic E-state index is 0.00625. The van der Waals surface area contributed by atoms with Crippen LogP contribution in [0.2, 0.25) is 0 Å². The number of hydrogen-bond donors (Lipinski definition) is 1. The molecule has 8 heteroatoms. The van der Waals surface area contributed by atoms with Gasteiger partial charge in [-0.2, -0.15) is 10.2 Å². The van der Waals surface area contributed by atoms with Crippen molar-refractivity contribution in [3.05, 3.63) is 47.2 Å². The summed E-state index contributed by atoms with van der Waals surface area (Å²) >= 11 is 0. The number of aryl methyl sites for hydroxylation is 3. The van der Waals surface area contributed by atoms with Crippen molar-refractivity contribution < 1.29 is 9.90 Å². The lowest BCUT2D eigenvalue weighted by Crippen LogP contribution is -2.52. The summed E-state index contributed by atoms with van der Waals surface area (Å²) in [6, 6.07) is 5.60. The van der Waals surface area contributed by atoms with Crippen LogP contribution in [0.4, 0.5) is 0 Å². The van der Waals surface area contributed by atoms with Crippen molar-refractivity contribution in [2.24, 2.45) is 7.05 Å². The van der Waals surface area contributed by atoms with Crippen molar-refractivity contribution in [2.45, 2.75) is 57.2 Å². The number of carbonyl (C=O) groups excluding carboxylic acids is 1. The lowest BCUT2D eigenvalue weighted by atomic mass is 9.83. The fourth-order valence-corrected chi connectivity index (χ4v) is 5.12. The predicted molar refractivity (Wildman–Crippen MR) is 102 cm³/mol. The molecule has 2 atom stereocenters. The van der Waals surface area contributed by atoms with Gasteiger partial charge in [0.05, 0.1) is 5.69 Å². The first kappa shape index (κ1) is 17.4. The molecule has 0 aromatic carbocycles. The van der Waals surface area contributed by atoms with Gasteiger partial charge >= 0.3 is 0 Å². The first-order valence-electron chi connectivity index (χ1n) is 9.73. The van der Waals surface area contributed by atoms with E-state index in [-0.39, 0.29) is 18.0 Å². The van der Waals surface area contributed by atoms with Crippen LogP contribution in [0.5, 0.6) is 0 Å². The Hall–Kier alpha value is -2.74. The first-order chi connectivity index (χ1) is 13.4. The van der Waals surface area contributed by atoms with E-state index in [1.54, 1.807) is 21.5 Å². The van der Waals surface area contributed by atoms with Crippen molar-refractivity contribution in [3.8, 4) is 0 Å². The van der Waals surface area contributed by atoms with E-state index in [0.717, 1.165) is 29.9 Å². The molecule has 2 unspecified atom stereocenters. The Morgan fingerprint density at radius 1 is 1.21 bits per heavy atom. The highest BCUT2D eigenvalue weighted by atomic mass is 16.3. The van der Waals surface area contributed by atoms with Crippen LogP contribution in [0.25, 0.3) is 5.65 Å². The summed E-state index contributed by atoms with van der Waals surface area (Å²) in [5, 5.41) is 20.0. The van der Waals surface area contributed by atoms with E-state index in [9.17, 15) is 9.90 Å².